The highest BCUT2D eigenvalue weighted by atomic mass is 16.6. The van der Waals surface area contributed by atoms with E-state index in [2.05, 4.69) is 9.97 Å². The molecular formula is C15H12N4O5. The third kappa shape index (κ3) is 2.74. The molecule has 9 heteroatoms. The van der Waals surface area contributed by atoms with E-state index in [4.69, 9.17) is 0 Å². The van der Waals surface area contributed by atoms with Crippen molar-refractivity contribution >= 4 is 22.5 Å². The summed E-state index contributed by atoms with van der Waals surface area (Å²) in [7, 11) is 0. The zero-order valence-electron chi connectivity index (χ0n) is 12.5. The van der Waals surface area contributed by atoms with E-state index in [1.165, 1.54) is 19.1 Å². The maximum atomic E-state index is 11.6. The standard InChI is InChI=1S/C15H12N4O5/c1-8(20)9-2-3-18(6-9)7-10-4-11(19(23)24)5-12-13(10)17-15(22)14(21)16-12/h2-6H,7H2,1H3,(H,16,21)(H,17,22). The van der Waals surface area contributed by atoms with E-state index < -0.39 is 16.0 Å². The van der Waals surface area contributed by atoms with Gasteiger partial charge >= 0.3 is 11.1 Å². The maximum Gasteiger partial charge on any atom is 0.314 e. The highest BCUT2D eigenvalue weighted by molar-refractivity contribution is 5.93. The molecule has 122 valence electrons. The molecule has 9 nitrogen and oxygen atoms in total. The molecule has 3 aromatic rings. The average molecular weight is 328 g/mol. The molecule has 2 aromatic heterocycles. The van der Waals surface area contributed by atoms with Crippen LogP contribution < -0.4 is 11.1 Å². The molecule has 2 heterocycles. The van der Waals surface area contributed by atoms with Crippen molar-refractivity contribution in [1.82, 2.24) is 14.5 Å². The molecule has 0 saturated carbocycles. The molecule has 2 N–H and O–H groups in total. The van der Waals surface area contributed by atoms with Gasteiger partial charge in [-0.1, -0.05) is 0 Å². The van der Waals surface area contributed by atoms with Crippen molar-refractivity contribution < 1.29 is 9.72 Å². The third-order valence-electron chi connectivity index (χ3n) is 3.62. The van der Waals surface area contributed by atoms with Crippen molar-refractivity contribution in [2.45, 2.75) is 13.5 Å². The largest absolute Gasteiger partial charge is 0.349 e. The number of ketones is 1. The van der Waals surface area contributed by atoms with Crippen LogP contribution in [-0.4, -0.2) is 25.2 Å². The Kier molecular flexibility index (Phi) is 3.60. The SMILES string of the molecule is CC(=O)c1ccn(Cc2cc([N+](=O)[O-])cc3[nH]c(=O)c(=O)[nH]c23)c1. The zero-order valence-corrected chi connectivity index (χ0v) is 12.5. The quantitative estimate of drug-likeness (QED) is 0.321. The summed E-state index contributed by atoms with van der Waals surface area (Å²) >= 11 is 0. The zero-order chi connectivity index (χ0) is 17.4. The molecule has 0 atom stereocenters. The maximum absolute atomic E-state index is 11.6. The molecule has 3 rings (SSSR count). The second-order valence-electron chi connectivity index (χ2n) is 5.32. The lowest BCUT2D eigenvalue weighted by Gasteiger charge is -2.07. The number of non-ortho nitro benzene ring substituents is 1. The van der Waals surface area contributed by atoms with Gasteiger partial charge in [-0.2, -0.15) is 0 Å². The minimum absolute atomic E-state index is 0.101. The minimum atomic E-state index is -0.881. The molecule has 0 spiro atoms. The summed E-state index contributed by atoms with van der Waals surface area (Å²) < 4.78 is 1.67. The summed E-state index contributed by atoms with van der Waals surface area (Å²) in [5.41, 5.74) is -0.502. The van der Waals surface area contributed by atoms with Crippen molar-refractivity contribution in [1.29, 1.82) is 0 Å². The van der Waals surface area contributed by atoms with E-state index in [9.17, 15) is 24.5 Å². The summed E-state index contributed by atoms with van der Waals surface area (Å²) in [5.74, 6) is -0.101. The van der Waals surface area contributed by atoms with Crippen LogP contribution in [0.5, 0.6) is 0 Å². The Morgan fingerprint density at radius 1 is 1.25 bits per heavy atom. The van der Waals surface area contributed by atoms with Crippen LogP contribution >= 0.6 is 0 Å². The smallest absolute Gasteiger partial charge is 0.314 e. The number of Topliss-reactive ketones (excluding diaryl/α,β-unsaturated/α-hetero) is 1. The molecule has 0 aliphatic rings. The number of hydrogen-bond donors (Lipinski definition) is 2. The van der Waals surface area contributed by atoms with Crippen LogP contribution in [0.3, 0.4) is 0 Å². The molecule has 0 aliphatic heterocycles. The van der Waals surface area contributed by atoms with Crippen LogP contribution in [0, 0.1) is 10.1 Å². The van der Waals surface area contributed by atoms with Gasteiger partial charge in [-0.3, -0.25) is 24.5 Å². The molecular weight excluding hydrogens is 316 g/mol. The van der Waals surface area contributed by atoms with Crippen molar-refractivity contribution in [2.24, 2.45) is 0 Å². The first-order chi connectivity index (χ1) is 11.3. The van der Waals surface area contributed by atoms with Gasteiger partial charge in [0.1, 0.15) is 0 Å². The van der Waals surface area contributed by atoms with Crippen LogP contribution in [0.25, 0.3) is 11.0 Å². The highest BCUT2D eigenvalue weighted by Gasteiger charge is 2.14. The summed E-state index contributed by atoms with van der Waals surface area (Å²) in [6, 6.07) is 4.14. The predicted molar refractivity (Wildman–Crippen MR) is 85.4 cm³/mol. The lowest BCUT2D eigenvalue weighted by molar-refractivity contribution is -0.384. The van der Waals surface area contributed by atoms with Crippen LogP contribution in [0.15, 0.2) is 40.2 Å². The number of carbonyl (C=O) groups is 1. The van der Waals surface area contributed by atoms with E-state index in [0.717, 1.165) is 0 Å². The van der Waals surface area contributed by atoms with Gasteiger partial charge in [-0.25, -0.2) is 0 Å². The number of nitrogens with zero attached hydrogens (tertiary/aromatic N) is 2. The number of nitro groups is 1. The highest BCUT2D eigenvalue weighted by Crippen LogP contribution is 2.22. The topological polar surface area (TPSA) is 131 Å². The Morgan fingerprint density at radius 3 is 2.58 bits per heavy atom. The number of rotatable bonds is 4. The third-order valence-corrected chi connectivity index (χ3v) is 3.62. The van der Waals surface area contributed by atoms with Gasteiger partial charge in [0, 0.05) is 42.2 Å². The van der Waals surface area contributed by atoms with Gasteiger partial charge in [-0.05, 0) is 13.0 Å². The van der Waals surface area contributed by atoms with Crippen molar-refractivity contribution in [3.63, 3.8) is 0 Å². The average Bonchev–Trinajstić information content (AvgIpc) is 2.97. The fourth-order valence-electron chi connectivity index (χ4n) is 2.46. The second kappa shape index (κ2) is 5.61. The first-order valence-corrected chi connectivity index (χ1v) is 6.95. The van der Waals surface area contributed by atoms with Gasteiger partial charge in [0.2, 0.25) is 0 Å². The number of fused-ring (bicyclic) bond motifs is 1. The summed E-state index contributed by atoms with van der Waals surface area (Å²) in [5, 5.41) is 11.1. The molecule has 0 aliphatic carbocycles. The summed E-state index contributed by atoms with van der Waals surface area (Å²) in [6.45, 7) is 1.62. The number of nitro benzene ring substituents is 1. The fraction of sp³-hybridized carbons (Fsp3) is 0.133. The Hall–Kier alpha value is -3.49. The Bertz CT molecular complexity index is 1090. The Labute approximate surface area is 133 Å². The summed E-state index contributed by atoms with van der Waals surface area (Å²) in [6.07, 6.45) is 3.27. The molecule has 0 fully saturated rings. The fourth-order valence-corrected chi connectivity index (χ4v) is 2.46. The van der Waals surface area contributed by atoms with Crippen LogP contribution in [0.4, 0.5) is 5.69 Å². The minimum Gasteiger partial charge on any atom is -0.349 e. The van der Waals surface area contributed by atoms with Gasteiger partial charge < -0.3 is 14.5 Å². The van der Waals surface area contributed by atoms with E-state index in [1.54, 1.807) is 23.0 Å². The second-order valence-corrected chi connectivity index (χ2v) is 5.32. The number of benzene rings is 1. The molecule has 0 radical (unpaired) electrons. The normalized spacial score (nSPS) is 10.9. The lowest BCUT2D eigenvalue weighted by Crippen LogP contribution is -2.29. The number of nitrogens with one attached hydrogen (secondary N) is 2. The molecule has 1 aromatic carbocycles. The molecule has 0 bridgehead atoms. The van der Waals surface area contributed by atoms with Gasteiger partial charge in [0.05, 0.1) is 16.0 Å². The molecule has 0 unspecified atom stereocenters. The summed E-state index contributed by atoms with van der Waals surface area (Å²) in [4.78, 5) is 49.7. The van der Waals surface area contributed by atoms with Crippen molar-refractivity contribution in [3.05, 3.63) is 72.5 Å². The first kappa shape index (κ1) is 15.4. The predicted octanol–water partition coefficient (Wildman–Crippen LogP) is 1.18. The lowest BCUT2D eigenvalue weighted by atomic mass is 10.1. The number of aromatic amines is 2. The van der Waals surface area contributed by atoms with E-state index >= 15 is 0 Å². The Balaban J connectivity index is 2.18. The van der Waals surface area contributed by atoms with Crippen LogP contribution in [0.2, 0.25) is 0 Å². The molecule has 0 saturated heterocycles. The number of H-pyrrole nitrogens is 2. The monoisotopic (exact) mass is 328 g/mol. The van der Waals surface area contributed by atoms with Gasteiger partial charge in [0.25, 0.3) is 5.69 Å². The number of hydrogen-bond acceptors (Lipinski definition) is 5. The molecule has 24 heavy (non-hydrogen) atoms. The van der Waals surface area contributed by atoms with Crippen LogP contribution in [0.1, 0.15) is 22.8 Å². The van der Waals surface area contributed by atoms with Crippen molar-refractivity contribution in [3.8, 4) is 0 Å². The van der Waals surface area contributed by atoms with Gasteiger partial charge in [0.15, 0.2) is 5.78 Å². The van der Waals surface area contributed by atoms with E-state index in [-0.39, 0.29) is 23.5 Å². The van der Waals surface area contributed by atoms with Crippen molar-refractivity contribution in [2.75, 3.05) is 0 Å². The number of carbonyl (C=O) groups excluding carboxylic acids is 1. The molecule has 0 amide bonds. The van der Waals surface area contributed by atoms with Crippen LogP contribution in [-0.2, 0) is 6.54 Å². The van der Waals surface area contributed by atoms with Gasteiger partial charge in [-0.15, -0.1) is 0 Å². The van der Waals surface area contributed by atoms with E-state index in [0.29, 0.717) is 16.6 Å². The van der Waals surface area contributed by atoms with E-state index in [1.807, 2.05) is 0 Å². The number of aromatic nitrogens is 3. The Morgan fingerprint density at radius 2 is 1.96 bits per heavy atom. The first-order valence-electron chi connectivity index (χ1n) is 6.95.